The third-order valence-electron chi connectivity index (χ3n) is 4.14. The Kier molecular flexibility index (Phi) is 5.44. The quantitative estimate of drug-likeness (QED) is 0.837. The molecule has 0 spiro atoms. The average Bonchev–Trinajstić information content (AvgIpc) is 3.17. The van der Waals surface area contributed by atoms with Crippen LogP contribution in [0.2, 0.25) is 0 Å². The van der Waals surface area contributed by atoms with E-state index in [1.807, 2.05) is 43.3 Å². The van der Waals surface area contributed by atoms with Crippen molar-refractivity contribution in [3.63, 3.8) is 0 Å². The third kappa shape index (κ3) is 4.41. The SMILES string of the molecule is CCOc1cc(-c2ccccc2)sc1C(=O)NC[C@@H]1CCS(=O)(=O)C1. The molecule has 1 aliphatic rings. The van der Waals surface area contributed by atoms with Gasteiger partial charge in [-0.1, -0.05) is 30.3 Å². The topological polar surface area (TPSA) is 72.5 Å². The highest BCUT2D eigenvalue weighted by Gasteiger charge is 2.28. The first-order valence-corrected chi connectivity index (χ1v) is 10.9. The van der Waals surface area contributed by atoms with E-state index >= 15 is 0 Å². The summed E-state index contributed by atoms with van der Waals surface area (Å²) < 4.78 is 28.7. The molecule has 1 saturated heterocycles. The van der Waals surface area contributed by atoms with E-state index in [0.717, 1.165) is 10.4 Å². The van der Waals surface area contributed by atoms with E-state index in [0.29, 0.717) is 30.2 Å². The van der Waals surface area contributed by atoms with Crippen LogP contribution in [0.25, 0.3) is 10.4 Å². The summed E-state index contributed by atoms with van der Waals surface area (Å²) in [6, 6.07) is 11.7. The molecule has 1 N–H and O–H groups in total. The molecule has 0 saturated carbocycles. The predicted octanol–water partition coefficient (Wildman–Crippen LogP) is 2.98. The molecule has 25 heavy (non-hydrogen) atoms. The first-order chi connectivity index (χ1) is 12.0. The second kappa shape index (κ2) is 7.58. The van der Waals surface area contributed by atoms with E-state index in [-0.39, 0.29) is 23.3 Å². The molecule has 2 heterocycles. The van der Waals surface area contributed by atoms with E-state index in [4.69, 9.17) is 4.74 Å². The van der Waals surface area contributed by atoms with Crippen LogP contribution in [-0.2, 0) is 9.84 Å². The Morgan fingerprint density at radius 3 is 2.72 bits per heavy atom. The van der Waals surface area contributed by atoms with Crippen molar-refractivity contribution in [1.82, 2.24) is 5.32 Å². The molecule has 134 valence electrons. The summed E-state index contributed by atoms with van der Waals surface area (Å²) in [5.41, 5.74) is 1.04. The van der Waals surface area contributed by atoms with Crippen molar-refractivity contribution in [2.45, 2.75) is 13.3 Å². The Labute approximate surface area is 151 Å². The fourth-order valence-electron chi connectivity index (χ4n) is 2.89. The van der Waals surface area contributed by atoms with Crippen LogP contribution in [0.1, 0.15) is 23.0 Å². The normalized spacial score (nSPS) is 18.8. The van der Waals surface area contributed by atoms with Crippen molar-refractivity contribution < 1.29 is 17.9 Å². The third-order valence-corrected chi connectivity index (χ3v) is 7.14. The molecular weight excluding hydrogens is 358 g/mol. The highest BCUT2D eigenvalue weighted by atomic mass is 32.2. The molecule has 1 amide bonds. The molecule has 5 nitrogen and oxygen atoms in total. The summed E-state index contributed by atoms with van der Waals surface area (Å²) in [7, 11) is -2.93. The Hall–Kier alpha value is -1.86. The van der Waals surface area contributed by atoms with Gasteiger partial charge in [0.2, 0.25) is 0 Å². The van der Waals surface area contributed by atoms with Crippen molar-refractivity contribution in [3.05, 3.63) is 41.3 Å². The van der Waals surface area contributed by atoms with Gasteiger partial charge in [-0.3, -0.25) is 4.79 Å². The minimum atomic E-state index is -2.93. The predicted molar refractivity (Wildman–Crippen MR) is 100 cm³/mol. The molecule has 1 aromatic heterocycles. The lowest BCUT2D eigenvalue weighted by Gasteiger charge is -2.10. The molecule has 0 radical (unpaired) electrons. The zero-order valence-electron chi connectivity index (χ0n) is 14.0. The summed E-state index contributed by atoms with van der Waals surface area (Å²) in [5.74, 6) is 0.737. The lowest BCUT2D eigenvalue weighted by atomic mass is 10.1. The van der Waals surface area contributed by atoms with Gasteiger partial charge in [0.25, 0.3) is 5.91 Å². The van der Waals surface area contributed by atoms with Gasteiger partial charge in [-0.25, -0.2) is 8.42 Å². The summed E-state index contributed by atoms with van der Waals surface area (Å²) in [5, 5.41) is 2.87. The highest BCUT2D eigenvalue weighted by molar-refractivity contribution is 7.91. The molecule has 1 aromatic carbocycles. The number of hydrogen-bond acceptors (Lipinski definition) is 5. The van der Waals surface area contributed by atoms with E-state index in [1.165, 1.54) is 11.3 Å². The van der Waals surface area contributed by atoms with Gasteiger partial charge in [-0.2, -0.15) is 0 Å². The monoisotopic (exact) mass is 379 g/mol. The van der Waals surface area contributed by atoms with E-state index < -0.39 is 9.84 Å². The first-order valence-electron chi connectivity index (χ1n) is 8.29. The second-order valence-corrected chi connectivity index (χ2v) is 9.36. The Morgan fingerprint density at radius 2 is 2.08 bits per heavy atom. The van der Waals surface area contributed by atoms with Crippen LogP contribution < -0.4 is 10.1 Å². The van der Waals surface area contributed by atoms with Crippen LogP contribution in [0.5, 0.6) is 5.75 Å². The van der Waals surface area contributed by atoms with Crippen molar-refractivity contribution >= 4 is 27.1 Å². The van der Waals surface area contributed by atoms with Crippen LogP contribution in [0.4, 0.5) is 0 Å². The summed E-state index contributed by atoms with van der Waals surface area (Å²) >= 11 is 1.39. The summed E-state index contributed by atoms with van der Waals surface area (Å²) in [6.45, 7) is 2.74. The van der Waals surface area contributed by atoms with Crippen molar-refractivity contribution in [1.29, 1.82) is 0 Å². The first kappa shape index (κ1) is 17.9. The molecule has 1 aliphatic heterocycles. The number of carbonyl (C=O) groups excluding carboxylic acids is 1. The van der Waals surface area contributed by atoms with Crippen LogP contribution in [0.3, 0.4) is 0 Å². The van der Waals surface area contributed by atoms with Gasteiger partial charge in [0.05, 0.1) is 18.1 Å². The van der Waals surface area contributed by atoms with Crippen molar-refractivity contribution in [2.75, 3.05) is 24.7 Å². The fourth-order valence-corrected chi connectivity index (χ4v) is 5.78. The molecule has 0 bridgehead atoms. The minimum Gasteiger partial charge on any atom is -0.492 e. The van der Waals surface area contributed by atoms with Crippen molar-refractivity contribution in [3.8, 4) is 16.2 Å². The Bertz CT molecular complexity index is 843. The van der Waals surface area contributed by atoms with Gasteiger partial charge in [-0.05, 0) is 30.9 Å². The van der Waals surface area contributed by atoms with Gasteiger partial charge in [0, 0.05) is 11.4 Å². The number of rotatable bonds is 6. The number of amides is 1. The van der Waals surface area contributed by atoms with Crippen LogP contribution in [0.15, 0.2) is 36.4 Å². The molecule has 7 heteroatoms. The summed E-state index contributed by atoms with van der Waals surface area (Å²) in [6.07, 6.45) is 0.612. The highest BCUT2D eigenvalue weighted by Crippen LogP contribution is 2.36. The smallest absolute Gasteiger partial charge is 0.265 e. The Balaban J connectivity index is 1.73. The number of hydrogen-bond donors (Lipinski definition) is 1. The van der Waals surface area contributed by atoms with Gasteiger partial charge in [0.15, 0.2) is 9.84 Å². The number of benzene rings is 1. The minimum absolute atomic E-state index is 0.00181. The molecule has 1 fully saturated rings. The van der Waals surface area contributed by atoms with Gasteiger partial charge >= 0.3 is 0 Å². The molecular formula is C18H21NO4S2. The standard InChI is InChI=1S/C18H21NO4S2/c1-2-23-15-10-16(14-6-4-3-5-7-14)24-17(15)18(20)19-11-13-8-9-25(21,22)12-13/h3-7,10,13H,2,8-9,11-12H2,1H3,(H,19,20)/t13-/m0/s1. The fraction of sp³-hybridized carbons (Fsp3) is 0.389. The second-order valence-electron chi connectivity index (χ2n) is 6.08. The maximum absolute atomic E-state index is 12.6. The maximum Gasteiger partial charge on any atom is 0.265 e. The Morgan fingerprint density at radius 1 is 1.32 bits per heavy atom. The number of sulfone groups is 1. The lowest BCUT2D eigenvalue weighted by molar-refractivity contribution is 0.0949. The number of ether oxygens (including phenoxy) is 1. The molecule has 0 aliphatic carbocycles. The molecule has 3 rings (SSSR count). The van der Waals surface area contributed by atoms with Crippen LogP contribution in [0, 0.1) is 5.92 Å². The van der Waals surface area contributed by atoms with Crippen LogP contribution in [-0.4, -0.2) is 39.0 Å². The largest absolute Gasteiger partial charge is 0.492 e. The maximum atomic E-state index is 12.6. The molecule has 0 unspecified atom stereocenters. The average molecular weight is 380 g/mol. The van der Waals surface area contributed by atoms with Crippen LogP contribution >= 0.6 is 11.3 Å². The van der Waals surface area contributed by atoms with E-state index in [2.05, 4.69) is 5.32 Å². The number of thiophene rings is 1. The van der Waals surface area contributed by atoms with Gasteiger partial charge in [-0.15, -0.1) is 11.3 Å². The summed E-state index contributed by atoms with van der Waals surface area (Å²) in [4.78, 5) is 14.1. The number of carbonyl (C=O) groups is 1. The van der Waals surface area contributed by atoms with Gasteiger partial charge < -0.3 is 10.1 Å². The zero-order valence-corrected chi connectivity index (χ0v) is 15.7. The van der Waals surface area contributed by atoms with E-state index in [9.17, 15) is 13.2 Å². The lowest BCUT2D eigenvalue weighted by Crippen LogP contribution is -2.29. The molecule has 2 aromatic rings. The molecule has 1 atom stereocenters. The zero-order chi connectivity index (χ0) is 17.9. The number of nitrogens with one attached hydrogen (secondary N) is 1. The van der Waals surface area contributed by atoms with E-state index in [1.54, 1.807) is 0 Å². The van der Waals surface area contributed by atoms with Gasteiger partial charge in [0.1, 0.15) is 10.6 Å². The van der Waals surface area contributed by atoms with Crippen molar-refractivity contribution in [2.24, 2.45) is 5.92 Å².